The van der Waals surface area contributed by atoms with E-state index in [1.165, 1.54) is 5.56 Å². The summed E-state index contributed by atoms with van der Waals surface area (Å²) in [6, 6.07) is 20.3. The smallest absolute Gasteiger partial charge is 0.243 e. The summed E-state index contributed by atoms with van der Waals surface area (Å²) in [4.78, 5) is 28.8. The van der Waals surface area contributed by atoms with Crippen LogP contribution in [0, 0.1) is 13.8 Å². The summed E-state index contributed by atoms with van der Waals surface area (Å²) in [5.74, 6) is -0.343. The Labute approximate surface area is 218 Å². The largest absolute Gasteiger partial charge is 0.354 e. The van der Waals surface area contributed by atoms with Gasteiger partial charge in [-0.15, -0.1) is 0 Å². The Bertz CT molecular complexity index is 1140. The molecule has 4 nitrogen and oxygen atoms in total. The van der Waals surface area contributed by atoms with Crippen molar-refractivity contribution in [3.8, 4) is 0 Å². The van der Waals surface area contributed by atoms with Gasteiger partial charge in [-0.2, -0.15) is 0 Å². The van der Waals surface area contributed by atoms with Gasteiger partial charge in [0.05, 0.1) is 6.42 Å². The van der Waals surface area contributed by atoms with Crippen molar-refractivity contribution in [2.45, 2.75) is 52.6 Å². The number of rotatable bonds is 10. The minimum atomic E-state index is -0.713. The highest BCUT2D eigenvalue weighted by Crippen LogP contribution is 2.27. The van der Waals surface area contributed by atoms with Crippen molar-refractivity contribution in [2.24, 2.45) is 0 Å². The molecule has 2 amide bonds. The first kappa shape index (κ1) is 26.8. The third-order valence-corrected chi connectivity index (χ3v) is 6.85. The van der Waals surface area contributed by atoms with Crippen LogP contribution in [-0.4, -0.2) is 29.3 Å². The average molecular weight is 511 g/mol. The van der Waals surface area contributed by atoms with E-state index in [4.69, 9.17) is 23.2 Å². The first-order valence-corrected chi connectivity index (χ1v) is 12.7. The fraction of sp³-hybridized carbons (Fsp3) is 0.310. The maximum atomic E-state index is 13.8. The fourth-order valence-electron chi connectivity index (χ4n) is 3.96. The number of hydrogen-bond acceptors (Lipinski definition) is 2. The van der Waals surface area contributed by atoms with Gasteiger partial charge in [0.2, 0.25) is 11.8 Å². The van der Waals surface area contributed by atoms with E-state index in [-0.39, 0.29) is 24.8 Å². The molecule has 0 radical (unpaired) electrons. The molecule has 0 fully saturated rings. The minimum Gasteiger partial charge on any atom is -0.354 e. The lowest BCUT2D eigenvalue weighted by Gasteiger charge is -2.32. The van der Waals surface area contributed by atoms with Crippen molar-refractivity contribution in [1.82, 2.24) is 10.2 Å². The molecule has 3 aromatic carbocycles. The molecule has 0 aromatic heterocycles. The van der Waals surface area contributed by atoms with Crippen LogP contribution >= 0.6 is 23.2 Å². The lowest BCUT2D eigenvalue weighted by atomic mass is 10.00. The first-order chi connectivity index (χ1) is 16.8. The molecule has 35 heavy (non-hydrogen) atoms. The normalized spacial score (nSPS) is 11.7. The van der Waals surface area contributed by atoms with Crippen LogP contribution in [0.4, 0.5) is 0 Å². The van der Waals surface area contributed by atoms with E-state index in [9.17, 15) is 9.59 Å². The molecule has 1 atom stereocenters. The van der Waals surface area contributed by atoms with Gasteiger partial charge in [-0.1, -0.05) is 84.7 Å². The predicted molar refractivity (Wildman–Crippen MR) is 144 cm³/mol. The second-order valence-corrected chi connectivity index (χ2v) is 9.63. The summed E-state index contributed by atoms with van der Waals surface area (Å²) in [5, 5.41) is 3.92. The van der Waals surface area contributed by atoms with Crippen LogP contribution in [0.15, 0.2) is 66.7 Å². The van der Waals surface area contributed by atoms with Gasteiger partial charge in [-0.3, -0.25) is 9.59 Å². The summed E-state index contributed by atoms with van der Waals surface area (Å²) in [5.41, 5.74) is 4.80. The Kier molecular flexibility index (Phi) is 9.76. The molecular weight excluding hydrogens is 479 g/mol. The van der Waals surface area contributed by atoms with Crippen LogP contribution < -0.4 is 5.32 Å². The van der Waals surface area contributed by atoms with Gasteiger partial charge < -0.3 is 10.2 Å². The number of aryl methyl sites for hydroxylation is 2. The van der Waals surface area contributed by atoms with Crippen molar-refractivity contribution in [2.75, 3.05) is 6.54 Å². The Morgan fingerprint density at radius 1 is 0.886 bits per heavy atom. The van der Waals surface area contributed by atoms with Crippen molar-refractivity contribution in [1.29, 1.82) is 0 Å². The van der Waals surface area contributed by atoms with E-state index in [0.717, 1.165) is 23.1 Å². The summed E-state index contributed by atoms with van der Waals surface area (Å²) >= 11 is 13.0. The standard InChI is InChI=1S/C29H32Cl2N2O2/c1-4-15-32-29(35)27(17-22-9-6-5-7-10-22)33(19-24-25(30)11-8-12-26(24)31)28(34)18-23-14-13-20(2)21(3)16-23/h5-14,16,27H,4,15,17-19H2,1-3H3,(H,32,35). The zero-order chi connectivity index (χ0) is 25.4. The van der Waals surface area contributed by atoms with Crippen LogP contribution in [0.1, 0.15) is 41.2 Å². The van der Waals surface area contributed by atoms with Gasteiger partial charge in [0.15, 0.2) is 0 Å². The van der Waals surface area contributed by atoms with Crippen molar-refractivity contribution in [3.63, 3.8) is 0 Å². The molecule has 3 rings (SSSR count). The monoisotopic (exact) mass is 510 g/mol. The molecule has 0 saturated carbocycles. The number of carbonyl (C=O) groups excluding carboxylic acids is 2. The van der Waals surface area contributed by atoms with E-state index in [1.54, 1.807) is 23.1 Å². The molecule has 0 saturated heterocycles. The SMILES string of the molecule is CCCNC(=O)C(Cc1ccccc1)N(Cc1c(Cl)cccc1Cl)C(=O)Cc1ccc(C)c(C)c1. The second kappa shape index (κ2) is 12.8. The maximum absolute atomic E-state index is 13.8. The van der Waals surface area contributed by atoms with Gasteiger partial charge in [0.25, 0.3) is 0 Å². The van der Waals surface area contributed by atoms with E-state index < -0.39 is 6.04 Å². The third-order valence-electron chi connectivity index (χ3n) is 6.14. The number of carbonyl (C=O) groups is 2. The zero-order valence-electron chi connectivity index (χ0n) is 20.5. The van der Waals surface area contributed by atoms with Crippen LogP contribution in [-0.2, 0) is 29.0 Å². The zero-order valence-corrected chi connectivity index (χ0v) is 22.0. The molecule has 0 bridgehead atoms. The molecule has 184 valence electrons. The molecule has 0 spiro atoms. The topological polar surface area (TPSA) is 49.4 Å². The Balaban J connectivity index is 2.01. The summed E-state index contributed by atoms with van der Waals surface area (Å²) in [6.07, 6.45) is 1.36. The van der Waals surface area contributed by atoms with Crippen molar-refractivity contribution in [3.05, 3.63) is 105 Å². The second-order valence-electron chi connectivity index (χ2n) is 8.81. The fourth-order valence-corrected chi connectivity index (χ4v) is 4.48. The van der Waals surface area contributed by atoms with Crippen molar-refractivity contribution < 1.29 is 9.59 Å². The Morgan fingerprint density at radius 2 is 1.57 bits per heavy atom. The molecule has 0 aliphatic heterocycles. The predicted octanol–water partition coefficient (Wildman–Crippen LogP) is 6.32. The Morgan fingerprint density at radius 3 is 2.20 bits per heavy atom. The maximum Gasteiger partial charge on any atom is 0.243 e. The molecule has 6 heteroatoms. The van der Waals surface area contributed by atoms with E-state index in [2.05, 4.69) is 5.32 Å². The average Bonchev–Trinajstić information content (AvgIpc) is 2.84. The van der Waals surface area contributed by atoms with Gasteiger partial charge in [0, 0.05) is 35.1 Å². The van der Waals surface area contributed by atoms with Gasteiger partial charge in [-0.05, 0) is 54.7 Å². The lowest BCUT2D eigenvalue weighted by Crippen LogP contribution is -2.51. The van der Waals surface area contributed by atoms with Crippen molar-refractivity contribution >= 4 is 35.0 Å². The number of benzene rings is 3. The quantitative estimate of drug-likeness (QED) is 0.346. The lowest BCUT2D eigenvalue weighted by molar-refractivity contribution is -0.140. The highest BCUT2D eigenvalue weighted by atomic mass is 35.5. The summed E-state index contributed by atoms with van der Waals surface area (Å²) in [6.45, 7) is 6.75. The number of nitrogens with zero attached hydrogens (tertiary/aromatic N) is 1. The van der Waals surface area contributed by atoms with Crippen LogP contribution in [0.2, 0.25) is 10.0 Å². The summed E-state index contributed by atoms with van der Waals surface area (Å²) < 4.78 is 0. The molecule has 1 N–H and O–H groups in total. The number of halogens is 2. The van der Waals surface area contributed by atoms with Crippen LogP contribution in [0.5, 0.6) is 0 Å². The van der Waals surface area contributed by atoms with Gasteiger partial charge >= 0.3 is 0 Å². The molecule has 0 aliphatic rings. The number of nitrogens with one attached hydrogen (secondary N) is 1. The number of hydrogen-bond donors (Lipinski definition) is 1. The molecule has 0 heterocycles. The summed E-state index contributed by atoms with van der Waals surface area (Å²) in [7, 11) is 0. The highest BCUT2D eigenvalue weighted by Gasteiger charge is 2.31. The van der Waals surface area contributed by atoms with Crippen LogP contribution in [0.25, 0.3) is 0 Å². The molecule has 3 aromatic rings. The first-order valence-electron chi connectivity index (χ1n) is 11.9. The number of amides is 2. The van der Waals surface area contributed by atoms with E-state index in [1.807, 2.05) is 69.3 Å². The Hall–Kier alpha value is -2.82. The van der Waals surface area contributed by atoms with E-state index >= 15 is 0 Å². The molecule has 0 aliphatic carbocycles. The highest BCUT2D eigenvalue weighted by molar-refractivity contribution is 6.36. The molecular formula is C29H32Cl2N2O2. The third kappa shape index (κ3) is 7.33. The van der Waals surface area contributed by atoms with Gasteiger partial charge in [0.1, 0.15) is 6.04 Å². The van der Waals surface area contributed by atoms with Crippen LogP contribution in [0.3, 0.4) is 0 Å². The van der Waals surface area contributed by atoms with Gasteiger partial charge in [-0.25, -0.2) is 0 Å². The molecule has 1 unspecified atom stereocenters. The van der Waals surface area contributed by atoms with E-state index in [0.29, 0.717) is 28.6 Å². The minimum absolute atomic E-state index is 0.138.